The van der Waals surface area contributed by atoms with Gasteiger partial charge in [0.1, 0.15) is 18.1 Å². The Bertz CT molecular complexity index is 1140. The molecule has 0 aliphatic rings. The fourth-order valence-corrected chi connectivity index (χ4v) is 3.21. The van der Waals surface area contributed by atoms with E-state index in [0.29, 0.717) is 34.7 Å². The van der Waals surface area contributed by atoms with E-state index in [1.165, 1.54) is 4.57 Å². The number of anilines is 1. The van der Waals surface area contributed by atoms with Gasteiger partial charge in [-0.25, -0.2) is 4.98 Å². The van der Waals surface area contributed by atoms with Gasteiger partial charge in [-0.05, 0) is 42.9 Å². The first kappa shape index (κ1) is 22.0. The van der Waals surface area contributed by atoms with Crippen LogP contribution in [0.3, 0.4) is 0 Å². The molecule has 3 aromatic rings. The number of primary amides is 1. The van der Waals surface area contributed by atoms with E-state index in [0.717, 1.165) is 0 Å². The third-order valence-corrected chi connectivity index (χ3v) is 4.81. The van der Waals surface area contributed by atoms with Crippen molar-refractivity contribution < 1.29 is 14.3 Å². The number of nitrogens with zero attached hydrogens (tertiary/aromatic N) is 3. The molecule has 2 aromatic carbocycles. The SMILES string of the molecule is CCN(CC(=O)Nc1ccc(OC)cc1)Cc1nc2ccccc2c(=O)n1CC(N)=O. The lowest BCUT2D eigenvalue weighted by Crippen LogP contribution is -2.37. The molecular formula is C22H25N5O4. The molecule has 0 radical (unpaired) electrons. The maximum absolute atomic E-state index is 12.9. The fraction of sp³-hybridized carbons (Fsp3) is 0.273. The molecule has 3 N–H and O–H groups in total. The number of rotatable bonds is 9. The molecule has 0 bridgehead atoms. The molecule has 0 aliphatic heterocycles. The summed E-state index contributed by atoms with van der Waals surface area (Å²) in [5, 5.41) is 3.24. The summed E-state index contributed by atoms with van der Waals surface area (Å²) in [6, 6.07) is 13.9. The number of amides is 2. The molecule has 0 aliphatic carbocycles. The highest BCUT2D eigenvalue weighted by molar-refractivity contribution is 5.92. The zero-order valence-electron chi connectivity index (χ0n) is 17.5. The van der Waals surface area contributed by atoms with Crippen LogP contribution < -0.4 is 21.3 Å². The molecule has 31 heavy (non-hydrogen) atoms. The van der Waals surface area contributed by atoms with Gasteiger partial charge in [-0.2, -0.15) is 0 Å². The Balaban J connectivity index is 1.80. The Morgan fingerprint density at radius 2 is 1.87 bits per heavy atom. The number of hydrogen-bond donors (Lipinski definition) is 2. The standard InChI is InChI=1S/C22H25N5O4/c1-3-26(14-21(29)24-15-8-10-16(31-2)11-9-15)13-20-25-18-7-5-4-6-17(18)22(30)27(20)12-19(23)28/h4-11H,3,12-14H2,1-2H3,(H2,23,28)(H,24,29). The minimum absolute atomic E-state index is 0.0851. The second kappa shape index (κ2) is 9.86. The lowest BCUT2D eigenvalue weighted by Gasteiger charge is -2.21. The molecule has 9 nitrogen and oxygen atoms in total. The van der Waals surface area contributed by atoms with Crippen LogP contribution in [-0.4, -0.2) is 46.5 Å². The Morgan fingerprint density at radius 3 is 2.52 bits per heavy atom. The Hall–Kier alpha value is -3.72. The topological polar surface area (TPSA) is 120 Å². The number of hydrogen-bond acceptors (Lipinski definition) is 6. The van der Waals surface area contributed by atoms with E-state index in [-0.39, 0.29) is 31.1 Å². The number of para-hydroxylation sites is 1. The minimum Gasteiger partial charge on any atom is -0.497 e. The summed E-state index contributed by atoms with van der Waals surface area (Å²) in [6.07, 6.45) is 0. The summed E-state index contributed by atoms with van der Waals surface area (Å²) in [5.74, 6) is 0.224. The number of nitrogens with one attached hydrogen (secondary N) is 1. The molecule has 3 rings (SSSR count). The average molecular weight is 423 g/mol. The first-order chi connectivity index (χ1) is 14.9. The van der Waals surface area contributed by atoms with Gasteiger partial charge >= 0.3 is 0 Å². The number of aromatic nitrogens is 2. The van der Waals surface area contributed by atoms with Crippen LogP contribution in [0.2, 0.25) is 0 Å². The number of nitrogens with two attached hydrogens (primary N) is 1. The summed E-state index contributed by atoms with van der Waals surface area (Å²) in [5.41, 5.74) is 6.19. The van der Waals surface area contributed by atoms with Gasteiger partial charge in [0.25, 0.3) is 5.56 Å². The van der Waals surface area contributed by atoms with E-state index in [1.54, 1.807) is 55.6 Å². The zero-order valence-corrected chi connectivity index (χ0v) is 17.5. The van der Waals surface area contributed by atoms with Crippen LogP contribution in [0.4, 0.5) is 5.69 Å². The summed E-state index contributed by atoms with van der Waals surface area (Å²) in [7, 11) is 1.57. The second-order valence-corrected chi connectivity index (χ2v) is 6.98. The molecule has 1 aromatic heterocycles. The monoisotopic (exact) mass is 423 g/mol. The van der Waals surface area contributed by atoms with Crippen molar-refractivity contribution in [3.63, 3.8) is 0 Å². The molecular weight excluding hydrogens is 398 g/mol. The summed E-state index contributed by atoms with van der Waals surface area (Å²) in [6.45, 7) is 2.46. The molecule has 2 amide bonds. The number of likely N-dealkylation sites (N-methyl/N-ethyl adjacent to an activating group) is 1. The van der Waals surface area contributed by atoms with Crippen molar-refractivity contribution in [2.75, 3.05) is 25.5 Å². The molecule has 1 heterocycles. The van der Waals surface area contributed by atoms with Gasteiger partial charge in [-0.15, -0.1) is 0 Å². The maximum atomic E-state index is 12.9. The van der Waals surface area contributed by atoms with Gasteiger partial charge in [0.2, 0.25) is 11.8 Å². The zero-order chi connectivity index (χ0) is 22.4. The van der Waals surface area contributed by atoms with Crippen LogP contribution in [0.25, 0.3) is 10.9 Å². The van der Waals surface area contributed by atoms with Crippen LogP contribution in [0, 0.1) is 0 Å². The number of fused-ring (bicyclic) bond motifs is 1. The van der Waals surface area contributed by atoms with E-state index in [2.05, 4.69) is 10.3 Å². The average Bonchev–Trinajstić information content (AvgIpc) is 2.76. The van der Waals surface area contributed by atoms with Crippen LogP contribution in [-0.2, 0) is 22.7 Å². The first-order valence-electron chi connectivity index (χ1n) is 9.84. The van der Waals surface area contributed by atoms with Crippen molar-refractivity contribution in [1.82, 2.24) is 14.5 Å². The van der Waals surface area contributed by atoms with Crippen LogP contribution in [0.15, 0.2) is 53.3 Å². The van der Waals surface area contributed by atoms with Crippen molar-refractivity contribution in [2.24, 2.45) is 5.73 Å². The van der Waals surface area contributed by atoms with Gasteiger partial charge < -0.3 is 15.8 Å². The number of benzene rings is 2. The van der Waals surface area contributed by atoms with E-state index < -0.39 is 5.91 Å². The molecule has 0 saturated heterocycles. The van der Waals surface area contributed by atoms with E-state index in [1.807, 2.05) is 11.8 Å². The first-order valence-corrected chi connectivity index (χ1v) is 9.84. The minimum atomic E-state index is -0.638. The van der Waals surface area contributed by atoms with Crippen LogP contribution in [0.1, 0.15) is 12.7 Å². The smallest absolute Gasteiger partial charge is 0.261 e. The van der Waals surface area contributed by atoms with E-state index >= 15 is 0 Å². The normalized spacial score (nSPS) is 10.9. The summed E-state index contributed by atoms with van der Waals surface area (Å²) < 4.78 is 6.39. The van der Waals surface area contributed by atoms with Gasteiger partial charge in [-0.3, -0.25) is 23.9 Å². The van der Waals surface area contributed by atoms with E-state index in [4.69, 9.17) is 10.5 Å². The van der Waals surface area contributed by atoms with Crippen molar-refractivity contribution in [1.29, 1.82) is 0 Å². The Kier molecular flexibility index (Phi) is 6.99. The molecule has 9 heteroatoms. The highest BCUT2D eigenvalue weighted by Gasteiger charge is 2.17. The number of ether oxygens (including phenoxy) is 1. The molecule has 0 spiro atoms. The molecule has 0 fully saturated rings. The summed E-state index contributed by atoms with van der Waals surface area (Å²) in [4.78, 5) is 43.3. The molecule has 162 valence electrons. The second-order valence-electron chi connectivity index (χ2n) is 6.98. The lowest BCUT2D eigenvalue weighted by atomic mass is 10.2. The third-order valence-electron chi connectivity index (χ3n) is 4.81. The quantitative estimate of drug-likeness (QED) is 0.536. The largest absolute Gasteiger partial charge is 0.497 e. The molecule has 0 saturated carbocycles. The molecule has 0 unspecified atom stereocenters. The Morgan fingerprint density at radius 1 is 1.16 bits per heavy atom. The highest BCUT2D eigenvalue weighted by atomic mass is 16.5. The van der Waals surface area contributed by atoms with E-state index in [9.17, 15) is 14.4 Å². The predicted molar refractivity (Wildman–Crippen MR) is 118 cm³/mol. The van der Waals surface area contributed by atoms with Gasteiger partial charge in [0.15, 0.2) is 0 Å². The van der Waals surface area contributed by atoms with Gasteiger partial charge in [0.05, 0.1) is 31.1 Å². The van der Waals surface area contributed by atoms with Crippen molar-refractivity contribution in [3.05, 3.63) is 64.7 Å². The molecule has 0 atom stereocenters. The van der Waals surface area contributed by atoms with Gasteiger partial charge in [-0.1, -0.05) is 19.1 Å². The predicted octanol–water partition coefficient (Wildman–Crippen LogP) is 1.35. The Labute approximate surface area is 179 Å². The van der Waals surface area contributed by atoms with Crippen LogP contribution >= 0.6 is 0 Å². The number of carbonyl (C=O) groups is 2. The van der Waals surface area contributed by atoms with Crippen molar-refractivity contribution in [2.45, 2.75) is 20.0 Å². The fourth-order valence-electron chi connectivity index (χ4n) is 3.21. The number of methoxy groups -OCH3 is 1. The number of carbonyl (C=O) groups excluding carboxylic acids is 2. The maximum Gasteiger partial charge on any atom is 0.261 e. The van der Waals surface area contributed by atoms with Crippen molar-refractivity contribution >= 4 is 28.4 Å². The van der Waals surface area contributed by atoms with Crippen molar-refractivity contribution in [3.8, 4) is 5.75 Å². The van der Waals surface area contributed by atoms with Gasteiger partial charge in [0, 0.05) is 5.69 Å². The highest BCUT2D eigenvalue weighted by Crippen LogP contribution is 2.15. The van der Waals surface area contributed by atoms with Crippen LogP contribution in [0.5, 0.6) is 5.75 Å². The lowest BCUT2D eigenvalue weighted by molar-refractivity contribution is -0.119. The summed E-state index contributed by atoms with van der Waals surface area (Å²) >= 11 is 0. The third kappa shape index (κ3) is 5.46.